The van der Waals surface area contributed by atoms with Crippen LogP contribution in [0.5, 0.6) is 0 Å². The van der Waals surface area contributed by atoms with E-state index in [-0.39, 0.29) is 10.8 Å². The highest BCUT2D eigenvalue weighted by Gasteiger charge is 2.32. The van der Waals surface area contributed by atoms with Gasteiger partial charge < -0.3 is 4.90 Å². The van der Waals surface area contributed by atoms with Gasteiger partial charge in [-0.05, 0) is 60.2 Å². The van der Waals surface area contributed by atoms with E-state index in [0.29, 0.717) is 31.5 Å². The zero-order chi connectivity index (χ0) is 17.6. The van der Waals surface area contributed by atoms with E-state index in [4.69, 9.17) is 0 Å². The van der Waals surface area contributed by atoms with Crippen molar-refractivity contribution in [3.05, 3.63) is 53.1 Å². The molecule has 2 aromatic rings. The number of hydrogen-bond donors (Lipinski definition) is 1. The molecule has 0 unspecified atom stereocenters. The number of nitrogens with zero attached hydrogens (tertiary/aromatic N) is 1. The molecule has 0 aromatic heterocycles. The summed E-state index contributed by atoms with van der Waals surface area (Å²) in [6.45, 7) is 2.68. The molecule has 0 radical (unpaired) electrons. The molecule has 25 heavy (non-hydrogen) atoms. The Hall–Kier alpha value is -2.34. The van der Waals surface area contributed by atoms with Crippen LogP contribution in [-0.2, 0) is 34.1 Å². The second-order valence-corrected chi connectivity index (χ2v) is 8.23. The van der Waals surface area contributed by atoms with E-state index in [1.54, 1.807) is 23.1 Å². The smallest absolute Gasteiger partial charge is 0.261 e. The molecule has 4 rings (SSSR count). The van der Waals surface area contributed by atoms with E-state index in [0.717, 1.165) is 28.8 Å². The molecule has 1 N–H and O–H groups in total. The lowest BCUT2D eigenvalue weighted by Gasteiger charge is -2.25. The van der Waals surface area contributed by atoms with Crippen molar-refractivity contribution >= 4 is 27.3 Å². The first-order valence-electron chi connectivity index (χ1n) is 8.56. The lowest BCUT2D eigenvalue weighted by Crippen LogP contribution is -2.33. The molecule has 1 amide bonds. The minimum Gasteiger partial charge on any atom is -0.312 e. The lowest BCUT2D eigenvalue weighted by atomic mass is 10.00. The third-order valence-electron chi connectivity index (χ3n) is 4.92. The predicted octanol–water partition coefficient (Wildman–Crippen LogP) is 2.89. The fourth-order valence-electron chi connectivity index (χ4n) is 3.65. The number of aryl methyl sites for hydroxylation is 2. The van der Waals surface area contributed by atoms with Gasteiger partial charge in [0.05, 0.1) is 10.6 Å². The Labute approximate surface area is 147 Å². The van der Waals surface area contributed by atoms with Crippen molar-refractivity contribution in [2.24, 2.45) is 0 Å². The van der Waals surface area contributed by atoms with E-state index in [9.17, 15) is 13.2 Å². The number of benzene rings is 2. The van der Waals surface area contributed by atoms with Gasteiger partial charge in [-0.1, -0.05) is 19.1 Å². The van der Waals surface area contributed by atoms with Crippen LogP contribution in [0, 0.1) is 0 Å². The fourth-order valence-corrected chi connectivity index (χ4v) is 4.80. The van der Waals surface area contributed by atoms with Crippen molar-refractivity contribution in [3.63, 3.8) is 0 Å². The Kier molecular flexibility index (Phi) is 3.80. The Morgan fingerprint density at radius 2 is 1.84 bits per heavy atom. The maximum absolute atomic E-state index is 12.8. The molecule has 2 aliphatic rings. The fraction of sp³-hybridized carbons (Fsp3) is 0.316. The zero-order valence-corrected chi connectivity index (χ0v) is 14.9. The number of rotatable bonds is 4. The van der Waals surface area contributed by atoms with Gasteiger partial charge in [0.15, 0.2) is 0 Å². The Morgan fingerprint density at radius 1 is 1.08 bits per heavy atom. The van der Waals surface area contributed by atoms with Gasteiger partial charge in [0.1, 0.15) is 0 Å². The monoisotopic (exact) mass is 356 g/mol. The minimum atomic E-state index is -3.65. The number of anilines is 2. The number of carbonyl (C=O) groups excluding carboxylic acids is 1. The molecule has 0 atom stereocenters. The van der Waals surface area contributed by atoms with Crippen LogP contribution in [0.2, 0.25) is 0 Å². The van der Waals surface area contributed by atoms with Crippen molar-refractivity contribution in [2.45, 2.75) is 37.5 Å². The molecule has 0 bridgehead atoms. The maximum Gasteiger partial charge on any atom is 0.261 e. The summed E-state index contributed by atoms with van der Waals surface area (Å²) >= 11 is 0. The number of amides is 1. The van der Waals surface area contributed by atoms with Crippen LogP contribution in [-0.4, -0.2) is 20.9 Å². The summed E-state index contributed by atoms with van der Waals surface area (Å²) in [6.07, 6.45) is 2.61. The topological polar surface area (TPSA) is 66.5 Å². The molecule has 130 valence electrons. The number of hydrogen-bond acceptors (Lipinski definition) is 3. The number of nitrogens with one attached hydrogen (secondary N) is 1. The van der Waals surface area contributed by atoms with Crippen molar-refractivity contribution in [2.75, 3.05) is 16.2 Å². The summed E-state index contributed by atoms with van der Waals surface area (Å²) in [4.78, 5) is 14.1. The number of carbonyl (C=O) groups is 1. The highest BCUT2D eigenvalue weighted by molar-refractivity contribution is 7.92. The molecule has 0 saturated carbocycles. The SMILES string of the molecule is CCc1cccc(NS(=O)(=O)c2cc3c4c(c2)CCN4C(=O)CC3)c1. The Bertz CT molecular complexity index is 967. The van der Waals surface area contributed by atoms with Crippen molar-refractivity contribution in [1.82, 2.24) is 0 Å². The van der Waals surface area contributed by atoms with Gasteiger partial charge in [-0.15, -0.1) is 0 Å². The van der Waals surface area contributed by atoms with Gasteiger partial charge in [0, 0.05) is 18.7 Å². The minimum absolute atomic E-state index is 0.136. The molecular formula is C19H20N2O3S. The summed E-state index contributed by atoms with van der Waals surface area (Å²) in [5.41, 5.74) is 4.50. The second-order valence-electron chi connectivity index (χ2n) is 6.54. The molecular weight excluding hydrogens is 336 g/mol. The van der Waals surface area contributed by atoms with Gasteiger partial charge >= 0.3 is 0 Å². The van der Waals surface area contributed by atoms with Crippen LogP contribution in [0.3, 0.4) is 0 Å². The molecule has 0 spiro atoms. The third-order valence-corrected chi connectivity index (χ3v) is 6.28. The van der Waals surface area contributed by atoms with Crippen LogP contribution in [0.1, 0.15) is 30.0 Å². The first-order chi connectivity index (χ1) is 12.0. The number of sulfonamides is 1. The van der Waals surface area contributed by atoms with Gasteiger partial charge in [0.2, 0.25) is 5.91 Å². The van der Waals surface area contributed by atoms with Crippen LogP contribution >= 0.6 is 0 Å². The van der Waals surface area contributed by atoms with Gasteiger partial charge in [-0.2, -0.15) is 0 Å². The molecule has 0 aliphatic carbocycles. The molecule has 2 aliphatic heterocycles. The van der Waals surface area contributed by atoms with Crippen LogP contribution in [0.4, 0.5) is 11.4 Å². The van der Waals surface area contributed by atoms with Crippen molar-refractivity contribution < 1.29 is 13.2 Å². The molecule has 0 saturated heterocycles. The Morgan fingerprint density at radius 3 is 2.60 bits per heavy atom. The summed E-state index contributed by atoms with van der Waals surface area (Å²) < 4.78 is 28.4. The van der Waals surface area contributed by atoms with Gasteiger partial charge in [0.25, 0.3) is 10.0 Å². The van der Waals surface area contributed by atoms with E-state index in [1.807, 2.05) is 25.1 Å². The average Bonchev–Trinajstić information content (AvgIpc) is 3.03. The largest absolute Gasteiger partial charge is 0.312 e. The first kappa shape index (κ1) is 16.1. The lowest BCUT2D eigenvalue weighted by molar-refractivity contribution is -0.118. The zero-order valence-electron chi connectivity index (χ0n) is 14.1. The van der Waals surface area contributed by atoms with E-state index in [2.05, 4.69) is 4.72 Å². The Balaban J connectivity index is 1.71. The van der Waals surface area contributed by atoms with E-state index < -0.39 is 10.0 Å². The van der Waals surface area contributed by atoms with E-state index in [1.165, 1.54) is 0 Å². The average molecular weight is 356 g/mol. The quantitative estimate of drug-likeness (QED) is 0.916. The van der Waals surface area contributed by atoms with Crippen LogP contribution < -0.4 is 9.62 Å². The second kappa shape index (κ2) is 5.88. The molecule has 6 heteroatoms. The summed E-state index contributed by atoms with van der Waals surface area (Å²) in [5, 5.41) is 0. The third kappa shape index (κ3) is 2.80. The van der Waals surface area contributed by atoms with Crippen LogP contribution in [0.25, 0.3) is 0 Å². The first-order valence-corrected chi connectivity index (χ1v) is 10.0. The summed E-state index contributed by atoms with van der Waals surface area (Å²) in [7, 11) is -3.65. The van der Waals surface area contributed by atoms with Crippen molar-refractivity contribution in [3.8, 4) is 0 Å². The van der Waals surface area contributed by atoms with Gasteiger partial charge in [-0.25, -0.2) is 8.42 Å². The molecule has 5 nitrogen and oxygen atoms in total. The molecule has 2 heterocycles. The maximum atomic E-state index is 12.8. The standard InChI is InChI=1S/C19H20N2O3S/c1-2-13-4-3-5-16(10-13)20-25(23,24)17-11-14-6-7-18(22)21-9-8-15(12-17)19(14)21/h3-5,10-12,20H,2,6-9H2,1H3. The summed E-state index contributed by atoms with van der Waals surface area (Å²) in [6, 6.07) is 10.9. The highest BCUT2D eigenvalue weighted by atomic mass is 32.2. The summed E-state index contributed by atoms with van der Waals surface area (Å²) in [5.74, 6) is 0.136. The normalized spacial score (nSPS) is 16.0. The van der Waals surface area contributed by atoms with Crippen molar-refractivity contribution in [1.29, 1.82) is 0 Å². The highest BCUT2D eigenvalue weighted by Crippen LogP contribution is 2.38. The van der Waals surface area contributed by atoms with Crippen LogP contribution in [0.15, 0.2) is 41.3 Å². The van der Waals surface area contributed by atoms with E-state index >= 15 is 0 Å². The predicted molar refractivity (Wildman–Crippen MR) is 97.4 cm³/mol. The van der Waals surface area contributed by atoms with Gasteiger partial charge in [-0.3, -0.25) is 9.52 Å². The molecule has 2 aromatic carbocycles. The molecule has 0 fully saturated rings.